The zero-order valence-corrected chi connectivity index (χ0v) is 11.2. The molecule has 0 radical (unpaired) electrons. The molecule has 0 saturated carbocycles. The molecule has 0 aliphatic carbocycles. The lowest BCUT2D eigenvalue weighted by Crippen LogP contribution is -2.30. The van der Waals surface area contributed by atoms with Crippen LogP contribution in [0.2, 0.25) is 10.0 Å². The van der Waals surface area contributed by atoms with Gasteiger partial charge in [-0.25, -0.2) is 5.84 Å². The number of halogens is 2. The van der Waals surface area contributed by atoms with Gasteiger partial charge < -0.3 is 9.15 Å². The highest BCUT2D eigenvalue weighted by Gasteiger charge is 2.15. The highest BCUT2D eigenvalue weighted by Crippen LogP contribution is 2.32. The van der Waals surface area contributed by atoms with Crippen LogP contribution in [0.15, 0.2) is 34.9 Å². The first kappa shape index (κ1) is 13.7. The molecule has 0 fully saturated rings. The van der Waals surface area contributed by atoms with Gasteiger partial charge in [0.25, 0.3) is 5.91 Å². The number of ether oxygens (including phenoxy) is 1. The lowest BCUT2D eigenvalue weighted by atomic mass is 10.2. The molecule has 0 saturated heterocycles. The van der Waals surface area contributed by atoms with Crippen molar-refractivity contribution in [2.24, 2.45) is 5.84 Å². The summed E-state index contributed by atoms with van der Waals surface area (Å²) >= 11 is 11.8. The fraction of sp³-hybridized carbons (Fsp3) is 0.0833. The molecular weight excluding hydrogens is 291 g/mol. The number of nitrogen functional groups attached to an aromatic ring is 1. The van der Waals surface area contributed by atoms with Crippen LogP contribution in [0.5, 0.6) is 5.75 Å². The molecule has 2 rings (SSSR count). The molecule has 1 amide bonds. The number of furan rings is 1. The lowest BCUT2D eigenvalue weighted by molar-refractivity contribution is 0.0949. The van der Waals surface area contributed by atoms with E-state index in [2.05, 4.69) is 0 Å². The molecule has 2 aromatic rings. The highest BCUT2D eigenvalue weighted by atomic mass is 35.5. The van der Waals surface area contributed by atoms with Crippen LogP contribution in [-0.4, -0.2) is 5.91 Å². The molecule has 7 heteroatoms. The molecule has 19 heavy (non-hydrogen) atoms. The van der Waals surface area contributed by atoms with E-state index >= 15 is 0 Å². The number of rotatable bonds is 4. The van der Waals surface area contributed by atoms with E-state index in [1.807, 2.05) is 5.43 Å². The van der Waals surface area contributed by atoms with Crippen LogP contribution in [0.4, 0.5) is 0 Å². The highest BCUT2D eigenvalue weighted by molar-refractivity contribution is 6.42. The van der Waals surface area contributed by atoms with Gasteiger partial charge in [0.1, 0.15) is 17.4 Å². The molecule has 0 bridgehead atoms. The summed E-state index contributed by atoms with van der Waals surface area (Å²) in [5, 5.41) is 0.694. The van der Waals surface area contributed by atoms with Crippen molar-refractivity contribution in [1.82, 2.24) is 5.43 Å². The summed E-state index contributed by atoms with van der Waals surface area (Å²) in [6.45, 7) is 0.0375. The third-order valence-electron chi connectivity index (χ3n) is 2.40. The van der Waals surface area contributed by atoms with Crippen LogP contribution < -0.4 is 16.0 Å². The van der Waals surface area contributed by atoms with E-state index in [9.17, 15) is 4.79 Å². The fourth-order valence-corrected chi connectivity index (χ4v) is 1.82. The van der Waals surface area contributed by atoms with Crippen molar-refractivity contribution >= 4 is 29.1 Å². The van der Waals surface area contributed by atoms with Crippen LogP contribution in [0, 0.1) is 0 Å². The van der Waals surface area contributed by atoms with Crippen LogP contribution in [0.25, 0.3) is 0 Å². The van der Waals surface area contributed by atoms with Gasteiger partial charge >= 0.3 is 0 Å². The maximum Gasteiger partial charge on any atom is 0.268 e. The Bertz CT molecular complexity index is 598. The smallest absolute Gasteiger partial charge is 0.268 e. The summed E-state index contributed by atoms with van der Waals surface area (Å²) in [7, 11) is 0. The quantitative estimate of drug-likeness (QED) is 0.517. The van der Waals surface area contributed by atoms with Crippen molar-refractivity contribution in [3.63, 3.8) is 0 Å². The Labute approximate surface area is 119 Å². The summed E-state index contributed by atoms with van der Waals surface area (Å²) in [6, 6.07) is 6.52. The normalized spacial score (nSPS) is 10.3. The summed E-state index contributed by atoms with van der Waals surface area (Å²) in [5.41, 5.74) is 2.33. The van der Waals surface area contributed by atoms with Gasteiger partial charge in [-0.05, 0) is 18.2 Å². The monoisotopic (exact) mass is 300 g/mol. The molecule has 1 heterocycles. The van der Waals surface area contributed by atoms with E-state index < -0.39 is 5.91 Å². The number of hydrogen-bond donors (Lipinski definition) is 2. The number of nitrogens with one attached hydrogen (secondary N) is 1. The van der Waals surface area contributed by atoms with Gasteiger partial charge in [-0.2, -0.15) is 0 Å². The van der Waals surface area contributed by atoms with Gasteiger partial charge in [-0.1, -0.05) is 29.3 Å². The third-order valence-corrected chi connectivity index (χ3v) is 3.20. The van der Waals surface area contributed by atoms with E-state index in [1.165, 1.54) is 12.3 Å². The Morgan fingerprint density at radius 1 is 1.37 bits per heavy atom. The van der Waals surface area contributed by atoms with E-state index in [-0.39, 0.29) is 6.61 Å². The van der Waals surface area contributed by atoms with Crippen molar-refractivity contribution in [2.75, 3.05) is 0 Å². The van der Waals surface area contributed by atoms with Crippen molar-refractivity contribution in [2.45, 2.75) is 6.61 Å². The molecule has 3 N–H and O–H groups in total. The number of amides is 1. The molecule has 1 aromatic carbocycles. The minimum atomic E-state index is -0.454. The Balaban J connectivity index is 2.13. The van der Waals surface area contributed by atoms with Crippen molar-refractivity contribution < 1.29 is 13.9 Å². The molecule has 100 valence electrons. The zero-order chi connectivity index (χ0) is 13.8. The Morgan fingerprint density at radius 3 is 2.89 bits per heavy atom. The average Bonchev–Trinajstić information content (AvgIpc) is 2.88. The third kappa shape index (κ3) is 3.01. The molecular formula is C12H10Cl2N2O3. The average molecular weight is 301 g/mol. The number of nitrogens with two attached hydrogens (primary N) is 1. The summed E-state index contributed by atoms with van der Waals surface area (Å²) < 4.78 is 10.6. The number of carbonyl (C=O) groups is 1. The fourth-order valence-electron chi connectivity index (χ4n) is 1.47. The summed E-state index contributed by atoms with van der Waals surface area (Å²) in [5.74, 6) is 5.36. The summed E-state index contributed by atoms with van der Waals surface area (Å²) in [6.07, 6.45) is 1.38. The largest absolute Gasteiger partial charge is 0.484 e. The number of benzene rings is 1. The minimum absolute atomic E-state index is 0.0375. The second-order valence-electron chi connectivity index (χ2n) is 3.57. The second-order valence-corrected chi connectivity index (χ2v) is 4.36. The van der Waals surface area contributed by atoms with E-state index in [0.717, 1.165) is 0 Å². The first-order chi connectivity index (χ1) is 9.13. The van der Waals surface area contributed by atoms with Gasteiger partial charge in [-0.3, -0.25) is 10.2 Å². The molecule has 0 aliphatic heterocycles. The molecule has 0 atom stereocenters. The maximum atomic E-state index is 11.4. The van der Waals surface area contributed by atoms with Crippen molar-refractivity contribution in [3.05, 3.63) is 51.9 Å². The van der Waals surface area contributed by atoms with Crippen LogP contribution in [0.3, 0.4) is 0 Å². The van der Waals surface area contributed by atoms with Gasteiger partial charge in [-0.15, -0.1) is 0 Å². The first-order valence-corrected chi connectivity index (χ1v) is 6.03. The first-order valence-electron chi connectivity index (χ1n) is 5.27. The van der Waals surface area contributed by atoms with Crippen molar-refractivity contribution in [1.29, 1.82) is 0 Å². The zero-order valence-electron chi connectivity index (χ0n) is 9.65. The molecule has 0 aliphatic rings. The summed E-state index contributed by atoms with van der Waals surface area (Å²) in [4.78, 5) is 11.4. The molecule has 0 spiro atoms. The maximum absolute atomic E-state index is 11.4. The van der Waals surface area contributed by atoms with Gasteiger partial charge in [0.15, 0.2) is 5.76 Å². The van der Waals surface area contributed by atoms with E-state index in [0.29, 0.717) is 27.1 Å². The van der Waals surface area contributed by atoms with Crippen LogP contribution in [0.1, 0.15) is 16.1 Å². The SMILES string of the molecule is NNC(=O)c1ccoc1COc1cccc(Cl)c1Cl. The number of hydrogen-bond acceptors (Lipinski definition) is 4. The van der Waals surface area contributed by atoms with Gasteiger partial charge in [0, 0.05) is 0 Å². The Morgan fingerprint density at radius 2 is 2.16 bits per heavy atom. The number of carbonyl (C=O) groups excluding carboxylic acids is 1. The van der Waals surface area contributed by atoms with E-state index in [1.54, 1.807) is 18.2 Å². The second kappa shape index (κ2) is 5.97. The predicted octanol–water partition coefficient (Wildman–Crippen LogP) is 2.77. The predicted molar refractivity (Wildman–Crippen MR) is 71.2 cm³/mol. The standard InChI is InChI=1S/C12H10Cl2N2O3/c13-8-2-1-3-9(11(8)14)19-6-10-7(4-5-18-10)12(17)16-15/h1-5H,6,15H2,(H,16,17). The van der Waals surface area contributed by atoms with Gasteiger partial charge in [0.05, 0.1) is 16.8 Å². The lowest BCUT2D eigenvalue weighted by Gasteiger charge is -2.08. The molecule has 1 aromatic heterocycles. The minimum Gasteiger partial charge on any atom is -0.484 e. The molecule has 5 nitrogen and oxygen atoms in total. The van der Waals surface area contributed by atoms with Gasteiger partial charge in [0.2, 0.25) is 0 Å². The van der Waals surface area contributed by atoms with Crippen LogP contribution in [-0.2, 0) is 6.61 Å². The topological polar surface area (TPSA) is 77.5 Å². The number of hydrazine groups is 1. The van der Waals surface area contributed by atoms with Crippen LogP contribution >= 0.6 is 23.2 Å². The Kier molecular flexibility index (Phi) is 4.31. The van der Waals surface area contributed by atoms with Crippen molar-refractivity contribution in [3.8, 4) is 5.75 Å². The van der Waals surface area contributed by atoms with E-state index in [4.69, 9.17) is 38.2 Å². The molecule has 0 unspecified atom stereocenters. The Hall–Kier alpha value is -1.69.